The van der Waals surface area contributed by atoms with Crippen LogP contribution in [0.3, 0.4) is 0 Å². The smallest absolute Gasteiger partial charge is 0.141 e. The van der Waals surface area contributed by atoms with E-state index in [0.29, 0.717) is 16.9 Å². The molecule has 6 nitrogen and oxygen atoms in total. The summed E-state index contributed by atoms with van der Waals surface area (Å²) in [4.78, 5) is 7.23. The van der Waals surface area contributed by atoms with Gasteiger partial charge in [0.2, 0.25) is 0 Å². The highest BCUT2D eigenvalue weighted by Gasteiger charge is 2.50. The van der Waals surface area contributed by atoms with Crippen LogP contribution in [0.15, 0.2) is 15.5 Å². The number of aliphatic hydroxyl groups is 2. The molecule has 2 saturated carbocycles. The van der Waals surface area contributed by atoms with Gasteiger partial charge in [-0.05, 0) is 90.1 Å². The second-order valence-corrected chi connectivity index (χ2v) is 15.4. The van der Waals surface area contributed by atoms with Crippen molar-refractivity contribution >= 4 is 45.2 Å². The zero-order chi connectivity index (χ0) is 28.8. The number of aliphatic hydroxyl groups excluding tert-OH is 2. The van der Waals surface area contributed by atoms with Gasteiger partial charge in [-0.15, -0.1) is 0 Å². The maximum atomic E-state index is 10.7. The van der Waals surface area contributed by atoms with Gasteiger partial charge in [0.15, 0.2) is 0 Å². The molecule has 4 aliphatic rings. The zero-order valence-electron chi connectivity index (χ0n) is 24.9. The summed E-state index contributed by atoms with van der Waals surface area (Å²) in [5.74, 6) is 5.12. The number of thioether (sulfide) groups is 2. The van der Waals surface area contributed by atoms with Gasteiger partial charge < -0.3 is 19.7 Å². The van der Waals surface area contributed by atoms with Gasteiger partial charge in [-0.1, -0.05) is 25.7 Å². The Morgan fingerprint density at radius 2 is 2.00 bits per heavy atom. The van der Waals surface area contributed by atoms with Crippen molar-refractivity contribution in [3.8, 4) is 11.5 Å². The zero-order valence-corrected chi connectivity index (χ0v) is 28.1. The van der Waals surface area contributed by atoms with E-state index in [1.54, 1.807) is 0 Å². The fourth-order valence-electron chi connectivity index (χ4n) is 7.79. The minimum absolute atomic E-state index is 0.0310. The quantitative estimate of drug-likeness (QED) is 0.231. The molecule has 0 radical (unpaired) electrons. The maximum absolute atomic E-state index is 10.7. The van der Waals surface area contributed by atoms with Crippen LogP contribution in [-0.2, 0) is 6.54 Å². The fourth-order valence-corrected chi connectivity index (χ4v) is 9.99. The topological polar surface area (TPSA) is 74.5 Å². The molecule has 2 heterocycles. The van der Waals surface area contributed by atoms with Crippen LogP contribution in [0.5, 0.6) is 11.5 Å². The van der Waals surface area contributed by atoms with Gasteiger partial charge in [0.1, 0.15) is 22.1 Å². The van der Waals surface area contributed by atoms with Gasteiger partial charge >= 0.3 is 0 Å². The predicted molar refractivity (Wildman–Crippen MR) is 176 cm³/mol. The van der Waals surface area contributed by atoms with E-state index in [1.165, 1.54) is 48.9 Å². The average Bonchev–Trinajstić information content (AvgIpc) is 3.60. The first-order chi connectivity index (χ1) is 20.1. The van der Waals surface area contributed by atoms with Gasteiger partial charge in [-0.25, -0.2) is 0 Å². The van der Waals surface area contributed by atoms with Crippen LogP contribution in [0.2, 0.25) is 0 Å². The van der Waals surface area contributed by atoms with Crippen LogP contribution in [0, 0.1) is 11.8 Å². The Balaban J connectivity index is 1.50. The third kappa shape index (κ3) is 7.44. The van der Waals surface area contributed by atoms with Gasteiger partial charge in [-0.3, -0.25) is 9.89 Å². The summed E-state index contributed by atoms with van der Waals surface area (Å²) in [6.45, 7) is 2.83. The highest BCUT2D eigenvalue weighted by Crippen LogP contribution is 2.57. The number of aliphatic imine (C=N–C) groups is 1. The SMILES string of the molecule is CN=C1C[C@H]2Oc3c(Br)c(OCCCC4CCCC4)cc4c3C2[C@@H](CC(CO)N(CCCSC)C4)[C@H](SCCO)C1. The minimum Gasteiger partial charge on any atom is -0.492 e. The second-order valence-electron chi connectivity index (χ2n) is 12.3. The monoisotopic (exact) mass is 668 g/mol. The van der Waals surface area contributed by atoms with Crippen molar-refractivity contribution in [1.82, 2.24) is 4.90 Å². The number of nitrogens with zero attached hydrogens (tertiary/aromatic N) is 2. The molecule has 2 fully saturated rings. The average molecular weight is 670 g/mol. The fraction of sp³-hybridized carbons (Fsp3) is 0.781. The van der Waals surface area contributed by atoms with Crippen molar-refractivity contribution in [1.29, 1.82) is 0 Å². The van der Waals surface area contributed by atoms with Crippen LogP contribution >= 0.6 is 39.5 Å². The Morgan fingerprint density at radius 1 is 1.17 bits per heavy atom. The van der Waals surface area contributed by atoms with E-state index in [-0.39, 0.29) is 31.3 Å². The Hall–Kier alpha value is -0.450. The number of hydrogen-bond acceptors (Lipinski definition) is 8. The molecule has 0 spiro atoms. The molecule has 1 aromatic rings. The van der Waals surface area contributed by atoms with Crippen LogP contribution in [0.4, 0.5) is 0 Å². The molecule has 5 rings (SSSR count). The van der Waals surface area contributed by atoms with Crippen LogP contribution in [0.25, 0.3) is 0 Å². The highest BCUT2D eigenvalue weighted by molar-refractivity contribution is 9.10. The molecule has 0 bridgehead atoms. The van der Waals surface area contributed by atoms with E-state index >= 15 is 0 Å². The van der Waals surface area contributed by atoms with E-state index < -0.39 is 0 Å². The van der Waals surface area contributed by atoms with Crippen molar-refractivity contribution in [2.45, 2.75) is 94.1 Å². The summed E-state index contributed by atoms with van der Waals surface area (Å²) in [6.07, 6.45) is 13.8. The molecule has 0 aromatic heterocycles. The second kappa shape index (κ2) is 15.5. The maximum Gasteiger partial charge on any atom is 0.141 e. The molecule has 0 saturated heterocycles. The Bertz CT molecular complexity index is 1040. The summed E-state index contributed by atoms with van der Waals surface area (Å²) < 4.78 is 14.3. The first-order valence-electron chi connectivity index (χ1n) is 15.7. The molecule has 0 amide bonds. The minimum atomic E-state index is 0.0310. The van der Waals surface area contributed by atoms with E-state index in [4.69, 9.17) is 14.5 Å². The normalized spacial score (nSPS) is 29.2. The highest BCUT2D eigenvalue weighted by atomic mass is 79.9. The molecule has 2 N–H and O–H groups in total. The molecule has 9 heteroatoms. The molecule has 230 valence electrons. The molecule has 2 aliphatic carbocycles. The molecule has 5 atom stereocenters. The molecule has 41 heavy (non-hydrogen) atoms. The van der Waals surface area contributed by atoms with Crippen molar-refractivity contribution in [3.05, 3.63) is 21.7 Å². The Kier molecular flexibility index (Phi) is 12.1. The standard InChI is InChI=1S/C32H49BrN2O4S2/c1-34-23-16-26-30-25(28(17-23)41-14-11-36)18-24(20-37)35(10-6-13-40-2)19-22-15-27(31(33)32(39-26)29(22)30)38-12-5-9-21-7-3-4-8-21/h15,21,24-26,28,30,36-37H,3-14,16-20H2,1-2H3/t24?,25-,26+,28+,30?/m0/s1. The summed E-state index contributed by atoms with van der Waals surface area (Å²) in [7, 11) is 1.90. The lowest BCUT2D eigenvalue weighted by atomic mass is 9.75. The lowest BCUT2D eigenvalue weighted by Crippen LogP contribution is -2.44. The largest absolute Gasteiger partial charge is 0.492 e. The third-order valence-electron chi connectivity index (χ3n) is 9.79. The third-order valence-corrected chi connectivity index (χ3v) is 12.6. The number of hydrogen-bond donors (Lipinski definition) is 2. The summed E-state index contributed by atoms with van der Waals surface area (Å²) >= 11 is 7.69. The van der Waals surface area contributed by atoms with Crippen molar-refractivity contribution in [2.24, 2.45) is 16.8 Å². The predicted octanol–water partition coefficient (Wildman–Crippen LogP) is 6.54. The van der Waals surface area contributed by atoms with E-state index in [2.05, 4.69) is 33.2 Å². The molecule has 1 aromatic carbocycles. The van der Waals surface area contributed by atoms with Gasteiger partial charge in [0, 0.05) is 54.3 Å². The summed E-state index contributed by atoms with van der Waals surface area (Å²) in [5, 5.41) is 20.8. The van der Waals surface area contributed by atoms with Crippen LogP contribution < -0.4 is 9.47 Å². The van der Waals surface area contributed by atoms with Crippen molar-refractivity contribution in [2.75, 3.05) is 51.2 Å². The van der Waals surface area contributed by atoms with Crippen molar-refractivity contribution < 1.29 is 19.7 Å². The Morgan fingerprint density at radius 3 is 2.73 bits per heavy atom. The van der Waals surface area contributed by atoms with Gasteiger partial charge in [0.25, 0.3) is 0 Å². The first kappa shape index (κ1) is 32.0. The van der Waals surface area contributed by atoms with Crippen molar-refractivity contribution in [3.63, 3.8) is 0 Å². The Labute approximate surface area is 263 Å². The number of ether oxygens (including phenoxy) is 2. The lowest BCUT2D eigenvalue weighted by molar-refractivity contribution is 0.0795. The lowest BCUT2D eigenvalue weighted by Gasteiger charge is -2.41. The number of rotatable bonds is 13. The van der Waals surface area contributed by atoms with Gasteiger partial charge in [-0.2, -0.15) is 23.5 Å². The van der Waals surface area contributed by atoms with Crippen LogP contribution in [0.1, 0.15) is 81.3 Å². The molecular formula is C32H49BrN2O4S2. The summed E-state index contributed by atoms with van der Waals surface area (Å²) in [6, 6.07) is 2.37. The molecule has 2 aliphatic heterocycles. The number of halogens is 1. The van der Waals surface area contributed by atoms with E-state index in [1.807, 2.05) is 30.6 Å². The van der Waals surface area contributed by atoms with Crippen LogP contribution in [-0.4, -0.2) is 89.4 Å². The number of benzene rings is 1. The van der Waals surface area contributed by atoms with E-state index in [0.717, 1.165) is 79.4 Å². The molecule has 2 unspecified atom stereocenters. The molecular weight excluding hydrogens is 620 g/mol. The summed E-state index contributed by atoms with van der Waals surface area (Å²) in [5.41, 5.74) is 3.82. The van der Waals surface area contributed by atoms with E-state index in [9.17, 15) is 10.2 Å². The first-order valence-corrected chi connectivity index (χ1v) is 19.0. The van der Waals surface area contributed by atoms with Gasteiger partial charge in [0.05, 0.1) is 19.8 Å².